The van der Waals surface area contributed by atoms with E-state index in [1.165, 1.54) is 15.6 Å². The van der Waals surface area contributed by atoms with Crippen LogP contribution in [-0.4, -0.2) is 102 Å². The Hall–Kier alpha value is -2.51. The van der Waals surface area contributed by atoms with Crippen LogP contribution < -0.4 is 0 Å². The van der Waals surface area contributed by atoms with E-state index < -0.39 is 16.1 Å². The molecule has 38 heavy (non-hydrogen) atoms. The second-order valence-corrected chi connectivity index (χ2v) is 13.6. The number of sulfonamides is 1. The molecule has 1 atom stereocenters. The van der Waals surface area contributed by atoms with E-state index in [4.69, 9.17) is 11.6 Å². The third-order valence-electron chi connectivity index (χ3n) is 7.59. The maximum Gasteiger partial charge on any atom is 0.283 e. The maximum atomic E-state index is 13.7. The lowest BCUT2D eigenvalue weighted by atomic mass is 10.1. The van der Waals surface area contributed by atoms with Gasteiger partial charge >= 0.3 is 0 Å². The summed E-state index contributed by atoms with van der Waals surface area (Å²) >= 11 is 7.51. The van der Waals surface area contributed by atoms with Crippen molar-refractivity contribution in [2.24, 2.45) is 0 Å². The summed E-state index contributed by atoms with van der Waals surface area (Å²) in [6, 6.07) is 6.29. The molecule has 1 unspecified atom stereocenters. The fourth-order valence-electron chi connectivity index (χ4n) is 5.51. The van der Waals surface area contributed by atoms with Crippen molar-refractivity contribution in [2.75, 3.05) is 46.3 Å². The smallest absolute Gasteiger partial charge is 0.283 e. The Morgan fingerprint density at radius 2 is 2.03 bits per heavy atom. The summed E-state index contributed by atoms with van der Waals surface area (Å²) in [5.41, 5.74) is 1.65. The van der Waals surface area contributed by atoms with E-state index in [2.05, 4.69) is 21.9 Å². The van der Waals surface area contributed by atoms with Gasteiger partial charge in [-0.15, -0.1) is 11.3 Å². The van der Waals surface area contributed by atoms with Crippen molar-refractivity contribution in [3.8, 4) is 0 Å². The molecular weight excluding hydrogens is 548 g/mol. The van der Waals surface area contributed by atoms with Crippen molar-refractivity contribution >= 4 is 55.7 Å². The lowest BCUT2D eigenvalue weighted by Gasteiger charge is -2.41. The normalized spacial score (nSPS) is 21.4. The van der Waals surface area contributed by atoms with Gasteiger partial charge in [-0.25, -0.2) is 13.4 Å². The van der Waals surface area contributed by atoms with Crippen molar-refractivity contribution < 1.29 is 18.0 Å². The molecule has 3 aliphatic heterocycles. The predicted octanol–water partition coefficient (Wildman–Crippen LogP) is 2.40. The quantitative estimate of drug-likeness (QED) is 0.499. The van der Waals surface area contributed by atoms with Crippen molar-refractivity contribution in [2.45, 2.75) is 36.9 Å². The van der Waals surface area contributed by atoms with Crippen LogP contribution >= 0.6 is 22.9 Å². The first kappa shape index (κ1) is 25.8. The Morgan fingerprint density at radius 1 is 1.18 bits per heavy atom. The first-order valence-corrected chi connectivity index (χ1v) is 15.4. The molecule has 2 saturated heterocycles. The summed E-state index contributed by atoms with van der Waals surface area (Å²) in [5.74, 6) is -0.154. The van der Waals surface area contributed by atoms with Gasteiger partial charge in [-0.05, 0) is 37.7 Å². The van der Waals surface area contributed by atoms with Gasteiger partial charge in [-0.2, -0.15) is 4.31 Å². The topological polar surface area (TPSA) is 110 Å². The van der Waals surface area contributed by atoms with Crippen LogP contribution in [0.15, 0.2) is 29.3 Å². The highest BCUT2D eigenvalue weighted by Crippen LogP contribution is 2.29. The number of aromatic amines is 1. The zero-order valence-electron chi connectivity index (χ0n) is 21.0. The number of fused-ring (bicyclic) bond motifs is 2. The molecule has 0 bridgehead atoms. The zero-order valence-corrected chi connectivity index (χ0v) is 23.4. The van der Waals surface area contributed by atoms with Gasteiger partial charge in [0, 0.05) is 79.5 Å². The number of benzene rings is 1. The second kappa shape index (κ2) is 9.91. The number of hydrogen-bond acceptors (Lipinski definition) is 7. The number of likely N-dealkylation sites (tertiary alicyclic amines) is 1. The molecule has 0 radical (unpaired) electrons. The van der Waals surface area contributed by atoms with Gasteiger partial charge in [-0.1, -0.05) is 11.6 Å². The lowest BCUT2D eigenvalue weighted by molar-refractivity contribution is -0.128. The lowest BCUT2D eigenvalue weighted by Crippen LogP contribution is -2.59. The van der Waals surface area contributed by atoms with Crippen LogP contribution in [-0.2, 0) is 27.8 Å². The number of hydrogen-bond donors (Lipinski definition) is 1. The minimum atomic E-state index is -3.86. The average molecular weight is 577 g/mol. The van der Waals surface area contributed by atoms with Crippen LogP contribution in [0.5, 0.6) is 0 Å². The van der Waals surface area contributed by atoms with E-state index in [1.54, 1.807) is 34.1 Å². The molecule has 0 saturated carbocycles. The van der Waals surface area contributed by atoms with E-state index in [-0.39, 0.29) is 36.5 Å². The molecule has 3 aliphatic rings. The number of carbonyl (C=O) groups is 2. The third kappa shape index (κ3) is 4.73. The number of carbonyl (C=O) groups excluding carboxylic acids is 2. The van der Waals surface area contributed by atoms with Crippen LogP contribution in [0.1, 0.15) is 33.2 Å². The maximum absolute atomic E-state index is 13.7. The number of H-pyrrole nitrogens is 1. The summed E-state index contributed by atoms with van der Waals surface area (Å²) in [6.07, 6.45) is 2.06. The molecule has 0 spiro atoms. The van der Waals surface area contributed by atoms with Gasteiger partial charge in [0.15, 0.2) is 5.01 Å². The monoisotopic (exact) mass is 576 g/mol. The molecule has 6 rings (SSSR count). The molecule has 5 heterocycles. The van der Waals surface area contributed by atoms with Crippen molar-refractivity contribution in [1.29, 1.82) is 0 Å². The van der Waals surface area contributed by atoms with E-state index in [0.717, 1.165) is 36.5 Å². The van der Waals surface area contributed by atoms with E-state index in [9.17, 15) is 18.0 Å². The molecule has 13 heteroatoms. The fourth-order valence-corrected chi connectivity index (χ4v) is 8.32. The molecule has 10 nitrogen and oxygen atoms in total. The molecule has 2 amide bonds. The summed E-state index contributed by atoms with van der Waals surface area (Å²) < 4.78 is 28.7. The third-order valence-corrected chi connectivity index (χ3v) is 10.7. The van der Waals surface area contributed by atoms with E-state index >= 15 is 0 Å². The summed E-state index contributed by atoms with van der Waals surface area (Å²) in [4.78, 5) is 40.6. The number of amides is 2. The number of piperazine rings is 1. The van der Waals surface area contributed by atoms with Crippen molar-refractivity contribution in [1.82, 2.24) is 29.0 Å². The summed E-state index contributed by atoms with van der Waals surface area (Å²) in [5, 5.41) is 1.76. The minimum absolute atomic E-state index is 0.0395. The van der Waals surface area contributed by atoms with Crippen molar-refractivity contribution in [3.63, 3.8) is 0 Å². The van der Waals surface area contributed by atoms with Crippen LogP contribution in [0.3, 0.4) is 0 Å². The highest BCUT2D eigenvalue weighted by molar-refractivity contribution is 7.89. The van der Waals surface area contributed by atoms with Crippen LogP contribution in [0.25, 0.3) is 10.9 Å². The molecule has 0 aliphatic carbocycles. The number of nitrogens with zero attached hydrogens (tertiary/aromatic N) is 5. The van der Waals surface area contributed by atoms with Gasteiger partial charge in [-0.3, -0.25) is 9.59 Å². The molecule has 2 fully saturated rings. The summed E-state index contributed by atoms with van der Waals surface area (Å²) in [6.45, 7) is 3.07. The first-order chi connectivity index (χ1) is 18.2. The zero-order chi connectivity index (χ0) is 26.6. The van der Waals surface area contributed by atoms with Crippen LogP contribution in [0, 0.1) is 0 Å². The Bertz CT molecular complexity index is 1520. The Morgan fingerprint density at radius 3 is 2.82 bits per heavy atom. The van der Waals surface area contributed by atoms with Gasteiger partial charge in [0.05, 0.1) is 11.7 Å². The fraction of sp³-hybridized carbons (Fsp3) is 0.480. The first-order valence-electron chi connectivity index (χ1n) is 12.7. The Kier molecular flexibility index (Phi) is 6.71. The van der Waals surface area contributed by atoms with Crippen LogP contribution in [0.2, 0.25) is 5.02 Å². The van der Waals surface area contributed by atoms with Crippen LogP contribution in [0.4, 0.5) is 0 Å². The van der Waals surface area contributed by atoms with E-state index in [0.29, 0.717) is 40.4 Å². The SMILES string of the molecule is CN1CCc2nc(C(=O)N3CCN(S(=O)(=O)c4cc5cc(Cl)ccc5[nH]4)CC3CN3CCCC3=O)sc2C1. The minimum Gasteiger partial charge on any atom is -0.345 e. The summed E-state index contributed by atoms with van der Waals surface area (Å²) in [7, 11) is -1.81. The largest absolute Gasteiger partial charge is 0.345 e. The number of nitrogens with one attached hydrogen (secondary N) is 1. The Labute approximate surface area is 230 Å². The van der Waals surface area contributed by atoms with Gasteiger partial charge in [0.1, 0.15) is 5.03 Å². The van der Waals surface area contributed by atoms with E-state index in [1.807, 2.05) is 0 Å². The van der Waals surface area contributed by atoms with Gasteiger partial charge < -0.3 is 19.7 Å². The number of aromatic nitrogens is 2. The van der Waals surface area contributed by atoms with Gasteiger partial charge in [0.2, 0.25) is 5.91 Å². The number of likely N-dealkylation sites (N-methyl/N-ethyl adjacent to an activating group) is 1. The highest BCUT2D eigenvalue weighted by Gasteiger charge is 2.40. The standard InChI is InChI=1S/C25H29ClN6O4S2/c1-29-8-6-20-21(15-29)37-24(28-20)25(34)32-10-9-31(14-18(32)13-30-7-2-3-23(30)33)38(35,36)22-12-16-11-17(26)4-5-19(16)27-22/h4-5,11-12,18,27H,2-3,6-10,13-15H2,1H3. The Balaban J connectivity index is 1.27. The molecule has 202 valence electrons. The average Bonchev–Trinajstić information content (AvgIpc) is 3.61. The van der Waals surface area contributed by atoms with Crippen molar-refractivity contribution in [3.05, 3.63) is 44.9 Å². The molecule has 2 aromatic heterocycles. The van der Waals surface area contributed by atoms with Gasteiger partial charge in [0.25, 0.3) is 15.9 Å². The molecule has 1 aromatic carbocycles. The molecule has 3 aromatic rings. The number of rotatable bonds is 5. The molecule has 1 N–H and O–H groups in total. The highest BCUT2D eigenvalue weighted by atomic mass is 35.5. The number of halogens is 1. The predicted molar refractivity (Wildman–Crippen MR) is 145 cm³/mol. The molecular formula is C25H29ClN6O4S2. The number of thiazole rings is 1. The second-order valence-electron chi connectivity index (χ2n) is 10.2.